The van der Waals surface area contributed by atoms with Gasteiger partial charge in [-0.25, -0.2) is 4.98 Å². The largest absolute Gasteiger partial charge is 0.384 e. The predicted molar refractivity (Wildman–Crippen MR) is 82.0 cm³/mol. The van der Waals surface area contributed by atoms with Crippen LogP contribution < -0.4 is 15.5 Å². The van der Waals surface area contributed by atoms with E-state index in [0.717, 1.165) is 37.6 Å². The highest BCUT2D eigenvalue weighted by molar-refractivity contribution is 5.52. The summed E-state index contributed by atoms with van der Waals surface area (Å²) in [6.45, 7) is 6.03. The van der Waals surface area contributed by atoms with Gasteiger partial charge in [-0.2, -0.15) is 0 Å². The van der Waals surface area contributed by atoms with Crippen molar-refractivity contribution < 1.29 is 0 Å². The molecule has 0 spiro atoms. The molecule has 3 heterocycles. The Kier molecular flexibility index (Phi) is 3.41. The molecule has 0 amide bonds. The van der Waals surface area contributed by atoms with Crippen LogP contribution in [0.2, 0.25) is 0 Å². The molecule has 5 heteroatoms. The van der Waals surface area contributed by atoms with E-state index in [-0.39, 0.29) is 0 Å². The van der Waals surface area contributed by atoms with Crippen LogP contribution in [0.3, 0.4) is 0 Å². The zero-order valence-electron chi connectivity index (χ0n) is 11.7. The Morgan fingerprint density at radius 2 is 1.65 bits per heavy atom. The lowest BCUT2D eigenvalue weighted by molar-refractivity contribution is 0.652. The maximum Gasteiger partial charge on any atom is 0.123 e. The monoisotopic (exact) mass is 269 g/mol. The average Bonchev–Trinajstić information content (AvgIpc) is 2.48. The van der Waals surface area contributed by atoms with Crippen molar-refractivity contribution in [2.24, 2.45) is 0 Å². The number of aromatic nitrogens is 2. The maximum absolute atomic E-state index is 5.62. The number of pyridine rings is 2. The second-order valence-electron chi connectivity index (χ2n) is 5.07. The van der Waals surface area contributed by atoms with Crippen LogP contribution in [0.5, 0.6) is 0 Å². The van der Waals surface area contributed by atoms with Crippen LogP contribution in [0.15, 0.2) is 36.7 Å². The number of nitrogens with zero attached hydrogens (tertiary/aromatic N) is 4. The van der Waals surface area contributed by atoms with E-state index in [2.05, 4.69) is 31.9 Å². The lowest BCUT2D eigenvalue weighted by Crippen LogP contribution is -2.46. The fourth-order valence-electron chi connectivity index (χ4n) is 2.53. The van der Waals surface area contributed by atoms with Gasteiger partial charge in [-0.15, -0.1) is 0 Å². The van der Waals surface area contributed by atoms with Crippen LogP contribution in [0.25, 0.3) is 0 Å². The number of anilines is 3. The number of nitrogens with two attached hydrogens (primary N) is 1. The zero-order chi connectivity index (χ0) is 13.9. The van der Waals surface area contributed by atoms with E-state index >= 15 is 0 Å². The molecule has 0 radical (unpaired) electrons. The van der Waals surface area contributed by atoms with Gasteiger partial charge in [0.15, 0.2) is 0 Å². The normalized spacial score (nSPS) is 15.4. The van der Waals surface area contributed by atoms with Crippen LogP contribution in [-0.2, 0) is 0 Å². The Balaban J connectivity index is 1.66. The molecule has 1 aliphatic rings. The van der Waals surface area contributed by atoms with E-state index in [4.69, 9.17) is 5.73 Å². The van der Waals surface area contributed by atoms with Crippen molar-refractivity contribution in [3.63, 3.8) is 0 Å². The number of piperazine rings is 1. The van der Waals surface area contributed by atoms with Crippen LogP contribution >= 0.6 is 0 Å². The topological polar surface area (TPSA) is 58.3 Å². The fourth-order valence-corrected chi connectivity index (χ4v) is 2.53. The van der Waals surface area contributed by atoms with Crippen LogP contribution in [-0.4, -0.2) is 36.1 Å². The second-order valence-corrected chi connectivity index (χ2v) is 5.07. The minimum atomic E-state index is 0.569. The molecule has 3 rings (SSSR count). The quantitative estimate of drug-likeness (QED) is 0.899. The van der Waals surface area contributed by atoms with E-state index in [1.165, 1.54) is 5.69 Å². The van der Waals surface area contributed by atoms with Gasteiger partial charge in [0.2, 0.25) is 0 Å². The number of aryl methyl sites for hydroxylation is 1. The van der Waals surface area contributed by atoms with E-state index in [1.54, 1.807) is 0 Å². The molecule has 20 heavy (non-hydrogen) atoms. The van der Waals surface area contributed by atoms with Gasteiger partial charge in [-0.3, -0.25) is 4.98 Å². The molecule has 1 aliphatic heterocycles. The number of rotatable bonds is 2. The first kappa shape index (κ1) is 12.7. The molecule has 0 bridgehead atoms. The van der Waals surface area contributed by atoms with E-state index in [0.29, 0.717) is 5.82 Å². The predicted octanol–water partition coefficient (Wildman–Crippen LogP) is 1.69. The summed E-state index contributed by atoms with van der Waals surface area (Å²) < 4.78 is 0. The molecule has 0 unspecified atom stereocenters. The second kappa shape index (κ2) is 5.36. The van der Waals surface area contributed by atoms with Crippen molar-refractivity contribution in [1.29, 1.82) is 0 Å². The van der Waals surface area contributed by atoms with Crippen molar-refractivity contribution in [2.75, 3.05) is 41.7 Å². The van der Waals surface area contributed by atoms with E-state index in [1.807, 2.05) is 31.5 Å². The molecule has 1 fully saturated rings. The van der Waals surface area contributed by atoms with Gasteiger partial charge in [0.05, 0.1) is 11.9 Å². The molecular formula is C15H19N5. The molecule has 2 N–H and O–H groups in total. The third-order valence-electron chi connectivity index (χ3n) is 3.66. The molecule has 2 aromatic rings. The smallest absolute Gasteiger partial charge is 0.123 e. The van der Waals surface area contributed by atoms with Crippen LogP contribution in [0.1, 0.15) is 5.69 Å². The summed E-state index contributed by atoms with van der Waals surface area (Å²) in [5.41, 5.74) is 9.09. The van der Waals surface area contributed by atoms with Gasteiger partial charge in [0.25, 0.3) is 0 Å². The van der Waals surface area contributed by atoms with Crippen molar-refractivity contribution in [1.82, 2.24) is 9.97 Å². The van der Waals surface area contributed by atoms with Gasteiger partial charge in [0.1, 0.15) is 5.82 Å². The van der Waals surface area contributed by atoms with E-state index < -0.39 is 0 Å². The minimum Gasteiger partial charge on any atom is -0.384 e. The first-order valence-corrected chi connectivity index (χ1v) is 6.86. The van der Waals surface area contributed by atoms with Gasteiger partial charge in [-0.05, 0) is 31.2 Å². The highest BCUT2D eigenvalue weighted by Crippen LogP contribution is 2.20. The number of hydrogen-bond acceptors (Lipinski definition) is 5. The Morgan fingerprint density at radius 1 is 0.950 bits per heavy atom. The van der Waals surface area contributed by atoms with Gasteiger partial charge in [0, 0.05) is 43.8 Å². The summed E-state index contributed by atoms with van der Waals surface area (Å²) in [4.78, 5) is 13.1. The average molecular weight is 269 g/mol. The van der Waals surface area contributed by atoms with Crippen molar-refractivity contribution in [3.05, 3.63) is 42.4 Å². The van der Waals surface area contributed by atoms with Crippen molar-refractivity contribution >= 4 is 17.2 Å². The maximum atomic E-state index is 5.62. The number of hydrogen-bond donors (Lipinski definition) is 1. The molecule has 0 atom stereocenters. The third kappa shape index (κ3) is 2.66. The lowest BCUT2D eigenvalue weighted by Gasteiger charge is -2.37. The molecular weight excluding hydrogens is 250 g/mol. The molecule has 104 valence electrons. The first-order valence-electron chi connectivity index (χ1n) is 6.86. The number of nitrogen functional groups attached to an aromatic ring is 1. The summed E-state index contributed by atoms with van der Waals surface area (Å²) >= 11 is 0. The molecule has 2 aromatic heterocycles. The Bertz CT molecular complexity index is 573. The molecule has 0 aromatic carbocycles. The highest BCUT2D eigenvalue weighted by atomic mass is 15.3. The Hall–Kier alpha value is -2.30. The summed E-state index contributed by atoms with van der Waals surface area (Å²) in [7, 11) is 0. The minimum absolute atomic E-state index is 0.569. The summed E-state index contributed by atoms with van der Waals surface area (Å²) in [5, 5.41) is 0. The van der Waals surface area contributed by atoms with E-state index in [9.17, 15) is 0 Å². The van der Waals surface area contributed by atoms with Gasteiger partial charge in [-0.1, -0.05) is 0 Å². The molecule has 5 nitrogen and oxygen atoms in total. The third-order valence-corrected chi connectivity index (χ3v) is 3.66. The SMILES string of the molecule is Cc1cc(N2CCN(c3ccc(N)nc3)CC2)ccn1. The highest BCUT2D eigenvalue weighted by Gasteiger charge is 2.17. The van der Waals surface area contributed by atoms with Crippen LogP contribution in [0, 0.1) is 6.92 Å². The standard InChI is InChI=1S/C15H19N5/c1-12-10-13(4-5-17-12)19-6-8-20(9-7-19)14-2-3-15(16)18-11-14/h2-5,10-11H,6-9H2,1H3,(H2,16,18). The summed E-state index contributed by atoms with van der Waals surface area (Å²) in [6.07, 6.45) is 3.72. The molecule has 0 saturated carbocycles. The van der Waals surface area contributed by atoms with Crippen LogP contribution in [0.4, 0.5) is 17.2 Å². The van der Waals surface area contributed by atoms with Crippen molar-refractivity contribution in [3.8, 4) is 0 Å². The van der Waals surface area contributed by atoms with Gasteiger partial charge >= 0.3 is 0 Å². The van der Waals surface area contributed by atoms with Crippen molar-refractivity contribution in [2.45, 2.75) is 6.92 Å². The first-order chi connectivity index (χ1) is 9.72. The summed E-state index contributed by atoms with van der Waals surface area (Å²) in [5.74, 6) is 0.569. The Morgan fingerprint density at radius 3 is 2.25 bits per heavy atom. The zero-order valence-corrected chi connectivity index (χ0v) is 11.7. The summed E-state index contributed by atoms with van der Waals surface area (Å²) in [6, 6.07) is 8.11. The molecule has 1 saturated heterocycles. The van der Waals surface area contributed by atoms with Gasteiger partial charge < -0.3 is 15.5 Å². The Labute approximate surface area is 119 Å². The fraction of sp³-hybridized carbons (Fsp3) is 0.333. The molecule has 0 aliphatic carbocycles. The lowest BCUT2D eigenvalue weighted by atomic mass is 10.2.